The van der Waals surface area contributed by atoms with Gasteiger partial charge in [0, 0.05) is 6.20 Å². The maximum atomic E-state index is 13.4. The van der Waals surface area contributed by atoms with Crippen LogP contribution >= 0.6 is 0 Å². The smallest absolute Gasteiger partial charge is 0.343 e. The SMILES string of the molecule is CC(C)c1cccc(C(C)C)c1N1C(=O)c2ccc(C(=O)Oc3cccnc3)cc2C1=O. The van der Waals surface area contributed by atoms with Crippen molar-refractivity contribution in [3.05, 3.63) is 88.7 Å². The molecule has 2 aromatic carbocycles. The Balaban J connectivity index is 1.74. The molecule has 1 aliphatic heterocycles. The van der Waals surface area contributed by atoms with Crippen LogP contribution in [-0.4, -0.2) is 22.8 Å². The highest BCUT2D eigenvalue weighted by Gasteiger charge is 2.39. The van der Waals surface area contributed by atoms with Crippen molar-refractivity contribution in [2.45, 2.75) is 39.5 Å². The fraction of sp³-hybridized carbons (Fsp3) is 0.231. The number of ether oxygens (including phenoxy) is 1. The first kappa shape index (κ1) is 21.4. The fourth-order valence-electron chi connectivity index (χ4n) is 3.91. The average Bonchev–Trinajstić information content (AvgIpc) is 3.03. The zero-order valence-electron chi connectivity index (χ0n) is 18.5. The van der Waals surface area contributed by atoms with E-state index < -0.39 is 11.9 Å². The lowest BCUT2D eigenvalue weighted by atomic mass is 9.92. The Morgan fingerprint density at radius 2 is 1.53 bits per heavy atom. The molecule has 6 nitrogen and oxygen atoms in total. The van der Waals surface area contributed by atoms with Crippen LogP contribution in [0.15, 0.2) is 60.9 Å². The van der Waals surface area contributed by atoms with E-state index in [0.29, 0.717) is 11.4 Å². The van der Waals surface area contributed by atoms with Crippen LogP contribution in [-0.2, 0) is 0 Å². The number of rotatable bonds is 5. The molecule has 0 spiro atoms. The minimum absolute atomic E-state index is 0.123. The van der Waals surface area contributed by atoms with Crippen molar-refractivity contribution < 1.29 is 19.1 Å². The van der Waals surface area contributed by atoms with E-state index in [0.717, 1.165) is 11.1 Å². The molecule has 0 bridgehead atoms. The highest BCUT2D eigenvalue weighted by atomic mass is 16.5. The van der Waals surface area contributed by atoms with Crippen molar-refractivity contribution >= 4 is 23.5 Å². The molecule has 0 radical (unpaired) electrons. The molecule has 0 atom stereocenters. The number of amides is 2. The molecule has 0 saturated heterocycles. The lowest BCUT2D eigenvalue weighted by Crippen LogP contribution is -2.31. The summed E-state index contributed by atoms with van der Waals surface area (Å²) in [4.78, 5) is 44.5. The van der Waals surface area contributed by atoms with E-state index in [9.17, 15) is 14.4 Å². The molecule has 0 unspecified atom stereocenters. The van der Waals surface area contributed by atoms with E-state index in [1.54, 1.807) is 18.3 Å². The summed E-state index contributed by atoms with van der Waals surface area (Å²) in [6, 6.07) is 13.6. The number of para-hydroxylation sites is 1. The molecule has 3 aromatic rings. The summed E-state index contributed by atoms with van der Waals surface area (Å²) in [7, 11) is 0. The van der Waals surface area contributed by atoms with Crippen molar-refractivity contribution in [1.29, 1.82) is 0 Å². The Labute approximate surface area is 186 Å². The van der Waals surface area contributed by atoms with E-state index in [1.807, 2.05) is 45.9 Å². The number of fused-ring (bicyclic) bond motifs is 1. The quantitative estimate of drug-likeness (QED) is 0.404. The van der Waals surface area contributed by atoms with Crippen LogP contribution in [0, 0.1) is 0 Å². The van der Waals surface area contributed by atoms with Crippen molar-refractivity contribution in [3.8, 4) is 5.75 Å². The Morgan fingerprint density at radius 1 is 0.875 bits per heavy atom. The number of imide groups is 1. The van der Waals surface area contributed by atoms with Gasteiger partial charge in [-0.15, -0.1) is 0 Å². The Hall–Kier alpha value is -3.80. The molecule has 0 fully saturated rings. The van der Waals surface area contributed by atoms with Gasteiger partial charge in [0.05, 0.1) is 28.6 Å². The molecule has 1 aliphatic rings. The topological polar surface area (TPSA) is 76.6 Å². The molecule has 2 amide bonds. The van der Waals surface area contributed by atoms with E-state index in [-0.39, 0.29) is 34.4 Å². The fourth-order valence-corrected chi connectivity index (χ4v) is 3.91. The number of pyridine rings is 1. The highest BCUT2D eigenvalue weighted by Crippen LogP contribution is 2.39. The first-order chi connectivity index (χ1) is 15.3. The third-order valence-electron chi connectivity index (χ3n) is 5.53. The van der Waals surface area contributed by atoms with Crippen LogP contribution in [0.1, 0.15) is 81.7 Å². The van der Waals surface area contributed by atoms with Gasteiger partial charge in [-0.2, -0.15) is 0 Å². The molecule has 6 heteroatoms. The van der Waals surface area contributed by atoms with E-state index >= 15 is 0 Å². The van der Waals surface area contributed by atoms with Crippen LogP contribution in [0.5, 0.6) is 5.75 Å². The van der Waals surface area contributed by atoms with Gasteiger partial charge < -0.3 is 4.74 Å². The molecule has 0 saturated carbocycles. The third kappa shape index (κ3) is 3.68. The molecule has 0 aliphatic carbocycles. The van der Waals surface area contributed by atoms with Gasteiger partial charge in [0.1, 0.15) is 5.75 Å². The number of esters is 1. The molecule has 2 heterocycles. The second kappa shape index (κ2) is 8.38. The van der Waals surface area contributed by atoms with Gasteiger partial charge >= 0.3 is 5.97 Å². The molecule has 0 N–H and O–H groups in total. The van der Waals surface area contributed by atoms with Gasteiger partial charge in [-0.1, -0.05) is 45.9 Å². The summed E-state index contributed by atoms with van der Waals surface area (Å²) in [5, 5.41) is 0. The molecule has 162 valence electrons. The number of nitrogens with zero attached hydrogens (tertiary/aromatic N) is 2. The predicted octanol–water partition coefficient (Wildman–Crippen LogP) is 5.35. The summed E-state index contributed by atoms with van der Waals surface area (Å²) < 4.78 is 5.32. The predicted molar refractivity (Wildman–Crippen MR) is 121 cm³/mol. The summed E-state index contributed by atoms with van der Waals surface area (Å²) in [6.07, 6.45) is 3.00. The number of hydrogen-bond donors (Lipinski definition) is 0. The van der Waals surface area contributed by atoms with Gasteiger partial charge in [-0.3, -0.25) is 14.6 Å². The summed E-state index contributed by atoms with van der Waals surface area (Å²) in [6.45, 7) is 8.14. The van der Waals surface area contributed by atoms with Crippen molar-refractivity contribution in [2.24, 2.45) is 0 Å². The highest BCUT2D eigenvalue weighted by molar-refractivity contribution is 6.35. The largest absolute Gasteiger partial charge is 0.421 e. The van der Waals surface area contributed by atoms with Gasteiger partial charge in [0.2, 0.25) is 0 Å². The van der Waals surface area contributed by atoms with Crippen LogP contribution < -0.4 is 9.64 Å². The number of carbonyl (C=O) groups is 3. The average molecular weight is 428 g/mol. The lowest BCUT2D eigenvalue weighted by Gasteiger charge is -2.25. The maximum absolute atomic E-state index is 13.4. The minimum Gasteiger partial charge on any atom is -0.421 e. The number of hydrogen-bond acceptors (Lipinski definition) is 5. The number of carbonyl (C=O) groups excluding carboxylic acids is 3. The number of anilines is 1. The molecule has 4 rings (SSSR count). The van der Waals surface area contributed by atoms with Gasteiger partial charge in [-0.25, -0.2) is 9.69 Å². The van der Waals surface area contributed by atoms with E-state index in [1.165, 1.54) is 29.3 Å². The molecule has 32 heavy (non-hydrogen) atoms. The summed E-state index contributed by atoms with van der Waals surface area (Å²) >= 11 is 0. The first-order valence-corrected chi connectivity index (χ1v) is 10.6. The van der Waals surface area contributed by atoms with Crippen molar-refractivity contribution in [2.75, 3.05) is 4.90 Å². The second-order valence-corrected chi connectivity index (χ2v) is 8.38. The lowest BCUT2D eigenvalue weighted by molar-refractivity contribution is 0.0733. The van der Waals surface area contributed by atoms with E-state index in [4.69, 9.17) is 4.74 Å². The van der Waals surface area contributed by atoms with E-state index in [2.05, 4.69) is 4.98 Å². The standard InChI is InChI=1S/C26H24N2O4/c1-15(2)19-8-5-9-20(16(3)4)23(19)28-24(29)21-11-10-17(13-22(21)25(28)30)26(31)32-18-7-6-12-27-14-18/h5-16H,1-4H3. The Kier molecular flexibility index (Phi) is 5.61. The number of benzene rings is 2. The van der Waals surface area contributed by atoms with Crippen LogP contribution in [0.25, 0.3) is 0 Å². The monoisotopic (exact) mass is 428 g/mol. The third-order valence-corrected chi connectivity index (χ3v) is 5.53. The minimum atomic E-state index is -0.620. The van der Waals surface area contributed by atoms with Crippen LogP contribution in [0.2, 0.25) is 0 Å². The first-order valence-electron chi connectivity index (χ1n) is 10.6. The second-order valence-electron chi connectivity index (χ2n) is 8.38. The molecular weight excluding hydrogens is 404 g/mol. The molecule has 1 aromatic heterocycles. The van der Waals surface area contributed by atoms with Crippen molar-refractivity contribution in [3.63, 3.8) is 0 Å². The van der Waals surface area contributed by atoms with Gasteiger partial charge in [-0.05, 0) is 53.3 Å². The van der Waals surface area contributed by atoms with Crippen LogP contribution in [0.3, 0.4) is 0 Å². The van der Waals surface area contributed by atoms with Crippen LogP contribution in [0.4, 0.5) is 5.69 Å². The zero-order chi connectivity index (χ0) is 23.0. The summed E-state index contributed by atoms with van der Waals surface area (Å²) in [5.41, 5.74) is 3.17. The Bertz CT molecular complexity index is 1190. The number of aromatic nitrogens is 1. The van der Waals surface area contributed by atoms with Crippen molar-refractivity contribution in [1.82, 2.24) is 4.98 Å². The van der Waals surface area contributed by atoms with Gasteiger partial charge in [0.15, 0.2) is 0 Å². The zero-order valence-corrected chi connectivity index (χ0v) is 18.5. The maximum Gasteiger partial charge on any atom is 0.343 e. The molecular formula is C26H24N2O4. The Morgan fingerprint density at radius 3 is 2.12 bits per heavy atom. The normalized spacial score (nSPS) is 13.1. The van der Waals surface area contributed by atoms with Gasteiger partial charge in [0.25, 0.3) is 11.8 Å². The summed E-state index contributed by atoms with van der Waals surface area (Å²) in [5.74, 6) is -0.890.